The molecule has 1 heterocycles. The molecule has 0 spiro atoms. The number of imidazole rings is 1. The van der Waals surface area contributed by atoms with Crippen molar-refractivity contribution in [3.63, 3.8) is 0 Å². The van der Waals surface area contributed by atoms with Gasteiger partial charge in [0.1, 0.15) is 17.7 Å². The SMILES string of the molecule is CCOC(=O)c1nc(C)n(C(C)C(N)=O)c1N. The number of anilines is 1. The van der Waals surface area contributed by atoms with Crippen molar-refractivity contribution in [1.82, 2.24) is 9.55 Å². The van der Waals surface area contributed by atoms with Gasteiger partial charge in [-0.05, 0) is 20.8 Å². The standard InChI is InChI=1S/C10H16N4O3/c1-4-17-10(16)7-8(11)14(6(3)13-7)5(2)9(12)15/h5H,4,11H2,1-3H3,(H2,12,15). The maximum absolute atomic E-state index is 11.5. The summed E-state index contributed by atoms with van der Waals surface area (Å²) < 4.78 is 6.22. The van der Waals surface area contributed by atoms with Crippen LogP contribution in [0.4, 0.5) is 5.82 Å². The zero-order chi connectivity index (χ0) is 13.2. The van der Waals surface area contributed by atoms with Gasteiger partial charge in [-0.15, -0.1) is 0 Å². The van der Waals surface area contributed by atoms with Crippen molar-refractivity contribution in [1.29, 1.82) is 0 Å². The molecule has 0 saturated heterocycles. The third-order valence-corrected chi connectivity index (χ3v) is 2.39. The lowest BCUT2D eigenvalue weighted by Crippen LogP contribution is -2.26. The Bertz CT molecular complexity index is 453. The number of primary amides is 1. The van der Waals surface area contributed by atoms with Crippen LogP contribution in [0.25, 0.3) is 0 Å². The van der Waals surface area contributed by atoms with E-state index < -0.39 is 17.9 Å². The number of aromatic nitrogens is 2. The van der Waals surface area contributed by atoms with Gasteiger partial charge in [0.2, 0.25) is 5.91 Å². The Labute approximate surface area is 98.7 Å². The van der Waals surface area contributed by atoms with Crippen LogP contribution in [0, 0.1) is 6.92 Å². The van der Waals surface area contributed by atoms with Crippen molar-refractivity contribution in [2.45, 2.75) is 26.8 Å². The van der Waals surface area contributed by atoms with E-state index in [4.69, 9.17) is 16.2 Å². The van der Waals surface area contributed by atoms with E-state index in [1.54, 1.807) is 20.8 Å². The minimum atomic E-state index is -0.661. The Kier molecular flexibility index (Phi) is 3.72. The number of amides is 1. The molecular formula is C10H16N4O3. The first-order valence-electron chi connectivity index (χ1n) is 5.20. The maximum atomic E-state index is 11.5. The molecule has 1 rings (SSSR count). The van der Waals surface area contributed by atoms with Gasteiger partial charge in [-0.25, -0.2) is 9.78 Å². The summed E-state index contributed by atoms with van der Waals surface area (Å²) in [7, 11) is 0. The highest BCUT2D eigenvalue weighted by Crippen LogP contribution is 2.20. The average molecular weight is 240 g/mol. The Morgan fingerprint density at radius 1 is 1.53 bits per heavy atom. The molecule has 1 aromatic rings. The molecule has 7 nitrogen and oxygen atoms in total. The number of hydrogen-bond acceptors (Lipinski definition) is 5. The molecule has 1 aromatic heterocycles. The summed E-state index contributed by atoms with van der Waals surface area (Å²) in [4.78, 5) is 26.6. The third-order valence-electron chi connectivity index (χ3n) is 2.39. The van der Waals surface area contributed by atoms with Crippen molar-refractivity contribution in [3.8, 4) is 0 Å². The fourth-order valence-corrected chi connectivity index (χ4v) is 1.53. The van der Waals surface area contributed by atoms with Gasteiger partial charge in [0, 0.05) is 0 Å². The molecule has 0 saturated carbocycles. The van der Waals surface area contributed by atoms with Crippen LogP contribution in [0.15, 0.2) is 0 Å². The number of aryl methyl sites for hydroxylation is 1. The Hall–Kier alpha value is -2.05. The van der Waals surface area contributed by atoms with E-state index in [0.717, 1.165) is 0 Å². The van der Waals surface area contributed by atoms with E-state index >= 15 is 0 Å². The highest BCUT2D eigenvalue weighted by Gasteiger charge is 2.24. The van der Waals surface area contributed by atoms with Gasteiger partial charge in [-0.1, -0.05) is 0 Å². The zero-order valence-corrected chi connectivity index (χ0v) is 10.1. The molecule has 4 N–H and O–H groups in total. The van der Waals surface area contributed by atoms with E-state index in [1.807, 2.05) is 0 Å². The quantitative estimate of drug-likeness (QED) is 0.719. The first kappa shape index (κ1) is 13.0. The molecule has 0 bridgehead atoms. The summed E-state index contributed by atoms with van der Waals surface area (Å²) in [5, 5.41) is 0. The number of hydrogen-bond donors (Lipinski definition) is 2. The Morgan fingerprint density at radius 3 is 2.59 bits per heavy atom. The Morgan fingerprint density at radius 2 is 2.12 bits per heavy atom. The molecule has 0 aliphatic heterocycles. The smallest absolute Gasteiger partial charge is 0.360 e. The minimum absolute atomic E-state index is 0.0115. The molecule has 0 aliphatic rings. The van der Waals surface area contributed by atoms with Crippen LogP contribution in [0.5, 0.6) is 0 Å². The van der Waals surface area contributed by atoms with Crippen molar-refractivity contribution in [2.24, 2.45) is 5.73 Å². The first-order valence-corrected chi connectivity index (χ1v) is 5.20. The summed E-state index contributed by atoms with van der Waals surface area (Å²) in [6.07, 6.45) is 0. The van der Waals surface area contributed by atoms with E-state index in [9.17, 15) is 9.59 Å². The first-order chi connectivity index (χ1) is 7.90. The number of ether oxygens (including phenoxy) is 1. The van der Waals surface area contributed by atoms with Gasteiger partial charge < -0.3 is 20.8 Å². The number of esters is 1. The number of nitrogen functional groups attached to an aromatic ring is 1. The average Bonchev–Trinajstić information content (AvgIpc) is 2.53. The number of carbonyl (C=O) groups is 2. The number of carbonyl (C=O) groups excluding carboxylic acids is 2. The van der Waals surface area contributed by atoms with Crippen molar-refractivity contribution in [3.05, 3.63) is 11.5 Å². The van der Waals surface area contributed by atoms with Crippen LogP contribution in [0.1, 0.15) is 36.2 Å². The summed E-state index contributed by atoms with van der Waals surface area (Å²) in [6.45, 7) is 5.14. The predicted molar refractivity (Wildman–Crippen MR) is 61.2 cm³/mol. The van der Waals surface area contributed by atoms with Gasteiger partial charge in [0.15, 0.2) is 5.69 Å². The van der Waals surface area contributed by atoms with Crippen molar-refractivity contribution < 1.29 is 14.3 Å². The topological polar surface area (TPSA) is 113 Å². The summed E-state index contributed by atoms with van der Waals surface area (Å²) in [6, 6.07) is -0.661. The highest BCUT2D eigenvalue weighted by atomic mass is 16.5. The Balaban J connectivity index is 3.18. The number of nitrogens with two attached hydrogens (primary N) is 2. The van der Waals surface area contributed by atoms with Crippen LogP contribution in [0.3, 0.4) is 0 Å². The lowest BCUT2D eigenvalue weighted by molar-refractivity contribution is -0.120. The van der Waals surface area contributed by atoms with E-state index in [2.05, 4.69) is 4.98 Å². The fraction of sp³-hybridized carbons (Fsp3) is 0.500. The van der Waals surface area contributed by atoms with Crippen LogP contribution in [-0.4, -0.2) is 28.0 Å². The van der Waals surface area contributed by atoms with E-state index in [1.165, 1.54) is 4.57 Å². The van der Waals surface area contributed by atoms with E-state index in [-0.39, 0.29) is 18.1 Å². The van der Waals surface area contributed by atoms with Crippen molar-refractivity contribution in [2.75, 3.05) is 12.3 Å². The van der Waals surface area contributed by atoms with Gasteiger partial charge in [0.05, 0.1) is 6.61 Å². The minimum Gasteiger partial charge on any atom is -0.461 e. The molecule has 1 atom stereocenters. The van der Waals surface area contributed by atoms with Crippen LogP contribution < -0.4 is 11.5 Å². The van der Waals surface area contributed by atoms with Crippen LogP contribution in [-0.2, 0) is 9.53 Å². The molecule has 0 aliphatic carbocycles. The molecule has 0 fully saturated rings. The highest BCUT2D eigenvalue weighted by molar-refractivity contribution is 5.92. The largest absolute Gasteiger partial charge is 0.461 e. The molecule has 94 valence electrons. The molecule has 17 heavy (non-hydrogen) atoms. The molecule has 1 unspecified atom stereocenters. The normalized spacial score (nSPS) is 12.2. The second-order valence-electron chi connectivity index (χ2n) is 3.56. The fourth-order valence-electron chi connectivity index (χ4n) is 1.53. The van der Waals surface area contributed by atoms with E-state index in [0.29, 0.717) is 5.82 Å². The van der Waals surface area contributed by atoms with Crippen LogP contribution in [0.2, 0.25) is 0 Å². The van der Waals surface area contributed by atoms with Gasteiger partial charge in [-0.3, -0.25) is 4.79 Å². The lowest BCUT2D eigenvalue weighted by atomic mass is 10.3. The van der Waals surface area contributed by atoms with Crippen LogP contribution >= 0.6 is 0 Å². The summed E-state index contributed by atoms with van der Waals surface area (Å²) >= 11 is 0. The summed E-state index contributed by atoms with van der Waals surface area (Å²) in [5.41, 5.74) is 11.0. The summed E-state index contributed by atoms with van der Waals surface area (Å²) in [5.74, 6) is -0.625. The maximum Gasteiger partial charge on any atom is 0.360 e. The van der Waals surface area contributed by atoms with Gasteiger partial charge in [0.25, 0.3) is 0 Å². The van der Waals surface area contributed by atoms with Crippen molar-refractivity contribution >= 4 is 17.7 Å². The molecular weight excluding hydrogens is 224 g/mol. The second kappa shape index (κ2) is 4.86. The van der Waals surface area contributed by atoms with Gasteiger partial charge >= 0.3 is 5.97 Å². The number of nitrogens with zero attached hydrogens (tertiary/aromatic N) is 2. The monoisotopic (exact) mass is 240 g/mol. The molecule has 7 heteroatoms. The lowest BCUT2D eigenvalue weighted by Gasteiger charge is -2.12. The molecule has 0 aromatic carbocycles. The molecule has 0 radical (unpaired) electrons. The molecule has 1 amide bonds. The zero-order valence-electron chi connectivity index (χ0n) is 10.1. The second-order valence-corrected chi connectivity index (χ2v) is 3.56. The van der Waals surface area contributed by atoms with Gasteiger partial charge in [-0.2, -0.15) is 0 Å². The number of rotatable bonds is 4. The predicted octanol–water partition coefficient (Wildman–Crippen LogP) is -0.00328. The third kappa shape index (κ3) is 2.38.